The molecule has 0 aliphatic heterocycles. The summed E-state index contributed by atoms with van der Waals surface area (Å²) in [6.07, 6.45) is 0.532. The van der Waals surface area contributed by atoms with Gasteiger partial charge in [0, 0.05) is 6.42 Å². The minimum Gasteiger partial charge on any atom is -0.491 e. The van der Waals surface area contributed by atoms with E-state index in [0.717, 1.165) is 16.7 Å². The van der Waals surface area contributed by atoms with E-state index in [9.17, 15) is 14.7 Å². The number of imidazole rings is 1. The van der Waals surface area contributed by atoms with Crippen molar-refractivity contribution in [3.63, 3.8) is 0 Å². The van der Waals surface area contributed by atoms with Crippen LogP contribution in [0.5, 0.6) is 17.5 Å². The van der Waals surface area contributed by atoms with Crippen LogP contribution in [-0.4, -0.2) is 39.0 Å². The van der Waals surface area contributed by atoms with Gasteiger partial charge in [0.25, 0.3) is 11.8 Å². The average molecular weight is 531 g/mol. The molecular weight excluding hydrogens is 496 g/mol. The molecule has 4 aromatic rings. The number of nitrogens with zero attached hydrogens (tertiary/aromatic N) is 2. The van der Waals surface area contributed by atoms with Crippen LogP contribution in [0.3, 0.4) is 0 Å². The van der Waals surface area contributed by atoms with Crippen molar-refractivity contribution in [2.24, 2.45) is 0 Å². The molecule has 1 heterocycles. The van der Waals surface area contributed by atoms with Crippen molar-refractivity contribution in [1.82, 2.24) is 9.13 Å². The highest BCUT2D eigenvalue weighted by atomic mass is 16.6. The second kappa shape index (κ2) is 12.4. The summed E-state index contributed by atoms with van der Waals surface area (Å²) in [6.45, 7) is 6.11. The molecule has 8 heteroatoms. The van der Waals surface area contributed by atoms with E-state index in [2.05, 4.69) is 0 Å². The third-order valence-corrected chi connectivity index (χ3v) is 6.21. The smallest absolute Gasteiger partial charge is 0.349 e. The van der Waals surface area contributed by atoms with E-state index in [-0.39, 0.29) is 43.8 Å². The number of ether oxygens (including phenoxy) is 3. The quantitative estimate of drug-likeness (QED) is 0.265. The maximum Gasteiger partial charge on any atom is 0.349 e. The number of hydrogen-bond donors (Lipinski definition) is 1. The molecule has 1 N–H and O–H groups in total. The molecule has 3 aromatic carbocycles. The Hall–Kier alpha value is -4.46. The number of rotatable bonds is 12. The van der Waals surface area contributed by atoms with Gasteiger partial charge in [-0.15, -0.1) is 0 Å². The molecule has 204 valence electrons. The van der Waals surface area contributed by atoms with Crippen LogP contribution in [0.15, 0.2) is 89.7 Å². The molecule has 0 fully saturated rings. The van der Waals surface area contributed by atoms with Gasteiger partial charge < -0.3 is 19.3 Å². The number of carbonyl (C=O) groups excluding carboxylic acids is 1. The van der Waals surface area contributed by atoms with Crippen LogP contribution in [0.2, 0.25) is 0 Å². The molecule has 39 heavy (non-hydrogen) atoms. The monoisotopic (exact) mass is 530 g/mol. The third-order valence-electron chi connectivity index (χ3n) is 6.21. The fourth-order valence-corrected chi connectivity index (χ4v) is 4.15. The zero-order valence-electron chi connectivity index (χ0n) is 22.5. The Morgan fingerprint density at radius 3 is 1.95 bits per heavy atom. The van der Waals surface area contributed by atoms with Gasteiger partial charge in [0.2, 0.25) is 0 Å². The molecule has 0 bridgehead atoms. The first-order valence-corrected chi connectivity index (χ1v) is 13.0. The van der Waals surface area contributed by atoms with Crippen molar-refractivity contribution >= 4 is 5.97 Å². The van der Waals surface area contributed by atoms with E-state index in [0.29, 0.717) is 12.2 Å². The molecule has 8 nitrogen and oxygen atoms in total. The Morgan fingerprint density at radius 2 is 1.38 bits per heavy atom. The Balaban J connectivity index is 1.48. The van der Waals surface area contributed by atoms with E-state index in [1.165, 1.54) is 9.13 Å². The molecular formula is C31H34N2O6. The van der Waals surface area contributed by atoms with E-state index in [1.54, 1.807) is 32.9 Å². The highest BCUT2D eigenvalue weighted by Crippen LogP contribution is 2.27. The van der Waals surface area contributed by atoms with Crippen LogP contribution >= 0.6 is 0 Å². The summed E-state index contributed by atoms with van der Waals surface area (Å²) >= 11 is 0. The molecule has 0 atom stereocenters. The number of esters is 1. The van der Waals surface area contributed by atoms with Crippen molar-refractivity contribution < 1.29 is 24.1 Å². The normalized spacial score (nSPS) is 11.3. The van der Waals surface area contributed by atoms with Crippen LogP contribution in [0.1, 0.15) is 37.5 Å². The van der Waals surface area contributed by atoms with E-state index >= 15 is 0 Å². The molecule has 1 aromatic heterocycles. The molecule has 4 rings (SSSR count). The van der Waals surface area contributed by atoms with Gasteiger partial charge in [-0.3, -0.25) is 9.13 Å². The lowest BCUT2D eigenvalue weighted by atomic mass is 10.1. The van der Waals surface area contributed by atoms with Gasteiger partial charge in [0.1, 0.15) is 5.75 Å². The number of aromatic hydroxyl groups is 1. The van der Waals surface area contributed by atoms with Gasteiger partial charge in [0.15, 0.2) is 5.60 Å². The van der Waals surface area contributed by atoms with Crippen LogP contribution < -0.4 is 15.2 Å². The van der Waals surface area contributed by atoms with Crippen molar-refractivity contribution in [2.75, 3.05) is 13.2 Å². The van der Waals surface area contributed by atoms with Crippen LogP contribution in [-0.2, 0) is 29.0 Å². The fraction of sp³-hybridized carbons (Fsp3) is 0.290. The van der Waals surface area contributed by atoms with Gasteiger partial charge >= 0.3 is 11.7 Å². The summed E-state index contributed by atoms with van der Waals surface area (Å²) in [5.41, 5.74) is 1.33. The second-order valence-electron chi connectivity index (χ2n) is 9.63. The first kappa shape index (κ1) is 27.6. The van der Waals surface area contributed by atoms with E-state index in [1.807, 2.05) is 72.8 Å². The van der Waals surface area contributed by atoms with Crippen LogP contribution in [0.25, 0.3) is 0 Å². The van der Waals surface area contributed by atoms with Gasteiger partial charge in [-0.25, -0.2) is 9.59 Å². The summed E-state index contributed by atoms with van der Waals surface area (Å²) in [7, 11) is 0. The summed E-state index contributed by atoms with van der Waals surface area (Å²) in [5, 5.41) is 11.0. The number of hydrogen-bond acceptors (Lipinski definition) is 6. The predicted octanol–water partition coefficient (Wildman–Crippen LogP) is 4.79. The zero-order chi connectivity index (χ0) is 27.8. The van der Waals surface area contributed by atoms with E-state index < -0.39 is 11.6 Å². The SMILES string of the molecule is CCOC(=O)C(C)(C)Oc1ccc(CCOc2c(O)n(Cc3ccccc3)c(=O)n2Cc2ccccc2)cc1. The molecule has 0 spiro atoms. The molecule has 0 unspecified atom stereocenters. The van der Waals surface area contributed by atoms with Crippen LogP contribution in [0.4, 0.5) is 0 Å². The zero-order valence-corrected chi connectivity index (χ0v) is 22.5. The first-order valence-electron chi connectivity index (χ1n) is 13.0. The van der Waals surface area contributed by atoms with Gasteiger partial charge in [-0.05, 0) is 49.6 Å². The summed E-state index contributed by atoms with van der Waals surface area (Å²) in [4.78, 5) is 25.4. The van der Waals surface area contributed by atoms with Crippen molar-refractivity contribution in [3.05, 3.63) is 112 Å². The van der Waals surface area contributed by atoms with Crippen molar-refractivity contribution in [2.45, 2.75) is 45.9 Å². The van der Waals surface area contributed by atoms with Crippen LogP contribution in [0, 0.1) is 0 Å². The average Bonchev–Trinajstić information content (AvgIpc) is 3.14. The lowest BCUT2D eigenvalue weighted by Gasteiger charge is -2.24. The minimum absolute atomic E-state index is 0.135. The fourth-order valence-electron chi connectivity index (χ4n) is 4.15. The second-order valence-corrected chi connectivity index (χ2v) is 9.63. The lowest BCUT2D eigenvalue weighted by Crippen LogP contribution is -2.39. The molecule has 0 aliphatic carbocycles. The highest BCUT2D eigenvalue weighted by molar-refractivity contribution is 5.79. The Bertz CT molecular complexity index is 1420. The first-order chi connectivity index (χ1) is 18.8. The number of benzene rings is 3. The third kappa shape index (κ3) is 6.90. The standard InChI is InChI=1S/C31H34N2O6/c1-4-37-29(35)31(2,3)39-26-17-15-23(16-18-26)19-20-38-28-27(34)32(21-24-11-7-5-8-12-24)30(36)33(28)22-25-13-9-6-10-14-25/h5-18,34H,4,19-22H2,1-3H3. The maximum atomic E-state index is 13.3. The summed E-state index contributed by atoms with van der Waals surface area (Å²) in [5.74, 6) is 0.0498. The van der Waals surface area contributed by atoms with Crippen molar-refractivity contribution in [1.29, 1.82) is 0 Å². The van der Waals surface area contributed by atoms with Gasteiger partial charge in [0.05, 0.1) is 26.3 Å². The molecule has 0 aliphatic rings. The predicted molar refractivity (Wildman–Crippen MR) is 148 cm³/mol. The molecule has 0 radical (unpaired) electrons. The molecule has 0 amide bonds. The topological polar surface area (TPSA) is 91.9 Å². The molecule has 0 saturated carbocycles. The van der Waals surface area contributed by atoms with Gasteiger partial charge in [-0.2, -0.15) is 0 Å². The van der Waals surface area contributed by atoms with E-state index in [4.69, 9.17) is 14.2 Å². The maximum absolute atomic E-state index is 13.3. The Labute approximate surface area is 228 Å². The largest absolute Gasteiger partial charge is 0.491 e. The highest BCUT2D eigenvalue weighted by Gasteiger charge is 2.31. The Kier molecular flexibility index (Phi) is 8.76. The van der Waals surface area contributed by atoms with Gasteiger partial charge in [-0.1, -0.05) is 72.8 Å². The summed E-state index contributed by atoms with van der Waals surface area (Å²) < 4.78 is 19.7. The van der Waals surface area contributed by atoms with Crippen molar-refractivity contribution in [3.8, 4) is 17.5 Å². The number of carbonyl (C=O) groups is 1. The summed E-state index contributed by atoms with van der Waals surface area (Å²) in [6, 6.07) is 26.4. The number of aromatic nitrogens is 2. The Morgan fingerprint density at radius 1 is 0.821 bits per heavy atom. The molecule has 0 saturated heterocycles. The minimum atomic E-state index is -1.10. The lowest BCUT2D eigenvalue weighted by molar-refractivity contribution is -0.158.